The van der Waals surface area contributed by atoms with E-state index in [1.807, 2.05) is 48.5 Å². The van der Waals surface area contributed by atoms with E-state index in [1.54, 1.807) is 32.9 Å². The maximum atomic E-state index is 12.6. The molecule has 0 bridgehead atoms. The van der Waals surface area contributed by atoms with Crippen LogP contribution in [0, 0.1) is 0 Å². The van der Waals surface area contributed by atoms with Gasteiger partial charge in [-0.05, 0) is 73.6 Å². The molecule has 2 aromatic carbocycles. The predicted octanol–water partition coefficient (Wildman–Crippen LogP) is 5.35. The first-order valence-electron chi connectivity index (χ1n) is 12.4. The number of anilines is 1. The average molecular weight is 518 g/mol. The van der Waals surface area contributed by atoms with Gasteiger partial charge in [0.05, 0.1) is 0 Å². The van der Waals surface area contributed by atoms with Gasteiger partial charge in [0.15, 0.2) is 0 Å². The van der Waals surface area contributed by atoms with Gasteiger partial charge >= 0.3 is 18.2 Å². The topological polar surface area (TPSA) is 127 Å². The molecule has 1 heterocycles. The van der Waals surface area contributed by atoms with Crippen LogP contribution < -0.4 is 10.6 Å². The highest BCUT2D eigenvalue weighted by Gasteiger charge is 2.29. The fourth-order valence-corrected chi connectivity index (χ4v) is 4.46. The molecule has 1 atom stereocenters. The highest BCUT2D eigenvalue weighted by molar-refractivity contribution is 5.84. The molecule has 0 radical (unpaired) electrons. The number of aryl methyl sites for hydroxylation is 1. The summed E-state index contributed by atoms with van der Waals surface area (Å²) in [5.74, 6) is -1.00. The normalized spacial score (nSPS) is 13.1. The summed E-state index contributed by atoms with van der Waals surface area (Å²) in [6.45, 7) is 5.36. The summed E-state index contributed by atoms with van der Waals surface area (Å²) in [6.07, 6.45) is 0.530. The molecular formula is C29H31N3O6. The number of pyridine rings is 1. The molecule has 0 unspecified atom stereocenters. The molecule has 198 valence electrons. The van der Waals surface area contributed by atoms with Crippen molar-refractivity contribution in [2.45, 2.75) is 51.2 Å². The molecule has 1 aliphatic rings. The number of aliphatic carboxylic acids is 1. The van der Waals surface area contributed by atoms with Gasteiger partial charge in [-0.1, -0.05) is 48.5 Å². The molecule has 0 spiro atoms. The maximum absolute atomic E-state index is 12.6. The van der Waals surface area contributed by atoms with Crippen LogP contribution in [0.2, 0.25) is 0 Å². The van der Waals surface area contributed by atoms with Crippen LogP contribution >= 0.6 is 0 Å². The molecule has 3 N–H and O–H groups in total. The molecule has 2 amide bonds. The SMILES string of the molecule is CC(C)(C)OC(=O)Nc1cc(CC[C@H](NC(=O)OCC2c3ccccc3-c3ccccc32)C(=O)O)ccn1. The quantitative estimate of drug-likeness (QED) is 0.367. The van der Waals surface area contributed by atoms with E-state index in [2.05, 4.69) is 15.6 Å². The van der Waals surface area contributed by atoms with Crippen molar-refractivity contribution in [3.05, 3.63) is 83.6 Å². The number of carbonyl (C=O) groups is 3. The largest absolute Gasteiger partial charge is 0.480 e. The summed E-state index contributed by atoms with van der Waals surface area (Å²) < 4.78 is 10.7. The number of carboxylic acids is 1. The molecule has 0 saturated heterocycles. The third kappa shape index (κ3) is 6.67. The summed E-state index contributed by atoms with van der Waals surface area (Å²) in [4.78, 5) is 40.5. The van der Waals surface area contributed by atoms with Crippen molar-refractivity contribution in [1.29, 1.82) is 0 Å². The lowest BCUT2D eigenvalue weighted by atomic mass is 9.98. The van der Waals surface area contributed by atoms with Crippen LogP contribution in [0.3, 0.4) is 0 Å². The molecule has 1 aromatic heterocycles. The Morgan fingerprint density at radius 1 is 0.974 bits per heavy atom. The second-order valence-electron chi connectivity index (χ2n) is 10.1. The van der Waals surface area contributed by atoms with Crippen molar-refractivity contribution < 1.29 is 29.0 Å². The number of ether oxygens (including phenoxy) is 2. The van der Waals surface area contributed by atoms with Gasteiger partial charge in [-0.3, -0.25) is 5.32 Å². The smallest absolute Gasteiger partial charge is 0.413 e. The highest BCUT2D eigenvalue weighted by Crippen LogP contribution is 2.44. The average Bonchev–Trinajstić information content (AvgIpc) is 3.18. The van der Waals surface area contributed by atoms with Gasteiger partial charge < -0.3 is 19.9 Å². The molecule has 0 fully saturated rings. The number of amides is 2. The number of rotatable bonds is 8. The van der Waals surface area contributed by atoms with Gasteiger partial charge in [-0.15, -0.1) is 0 Å². The van der Waals surface area contributed by atoms with E-state index in [1.165, 1.54) is 6.20 Å². The number of nitrogens with one attached hydrogen (secondary N) is 2. The first-order chi connectivity index (χ1) is 18.1. The van der Waals surface area contributed by atoms with Gasteiger partial charge in [-0.25, -0.2) is 19.4 Å². The van der Waals surface area contributed by atoms with Gasteiger partial charge in [0.25, 0.3) is 0 Å². The molecule has 0 saturated carbocycles. The van der Waals surface area contributed by atoms with Gasteiger partial charge in [0.2, 0.25) is 0 Å². The molecular weight excluding hydrogens is 486 g/mol. The van der Waals surface area contributed by atoms with Crippen LogP contribution in [-0.4, -0.2) is 46.5 Å². The summed E-state index contributed by atoms with van der Waals surface area (Å²) in [7, 11) is 0. The number of carboxylic acid groups (broad SMARTS) is 1. The Hall–Kier alpha value is -4.40. The van der Waals surface area contributed by atoms with Gasteiger partial charge in [0.1, 0.15) is 24.1 Å². The first kappa shape index (κ1) is 26.7. The Morgan fingerprint density at radius 3 is 2.21 bits per heavy atom. The standard InChI is InChI=1S/C29H31N3O6/c1-29(2,3)38-28(36)32-25-16-18(14-15-30-25)12-13-24(26(33)34)31-27(35)37-17-23-21-10-6-4-8-19(21)20-9-5-7-11-22(20)23/h4-11,14-16,23-24H,12-13,17H2,1-3H3,(H,31,35)(H,33,34)(H,30,32,36)/t24-/m0/s1. The number of benzene rings is 2. The third-order valence-electron chi connectivity index (χ3n) is 6.11. The Labute approximate surface area is 221 Å². The zero-order valence-corrected chi connectivity index (χ0v) is 21.6. The van der Waals surface area contributed by atoms with E-state index < -0.39 is 29.8 Å². The number of carbonyl (C=O) groups excluding carboxylic acids is 2. The number of nitrogens with zero attached hydrogens (tertiary/aromatic N) is 1. The number of fused-ring (bicyclic) bond motifs is 3. The van der Waals surface area contributed by atoms with E-state index in [0.717, 1.165) is 27.8 Å². The van der Waals surface area contributed by atoms with Crippen molar-refractivity contribution in [2.75, 3.05) is 11.9 Å². The van der Waals surface area contributed by atoms with E-state index in [4.69, 9.17) is 9.47 Å². The lowest BCUT2D eigenvalue weighted by molar-refractivity contribution is -0.139. The van der Waals surface area contributed by atoms with Crippen LogP contribution in [0.5, 0.6) is 0 Å². The van der Waals surface area contributed by atoms with E-state index in [9.17, 15) is 19.5 Å². The van der Waals surface area contributed by atoms with Crippen LogP contribution in [0.25, 0.3) is 11.1 Å². The second kappa shape index (κ2) is 11.3. The molecule has 4 rings (SSSR count). The lowest BCUT2D eigenvalue weighted by Crippen LogP contribution is -2.41. The Bertz CT molecular complexity index is 1290. The summed E-state index contributed by atoms with van der Waals surface area (Å²) >= 11 is 0. The van der Waals surface area contributed by atoms with Crippen LogP contribution in [0.15, 0.2) is 66.9 Å². The third-order valence-corrected chi connectivity index (χ3v) is 6.11. The minimum absolute atomic E-state index is 0.0935. The second-order valence-corrected chi connectivity index (χ2v) is 10.1. The summed E-state index contributed by atoms with van der Waals surface area (Å²) in [5, 5.41) is 14.7. The number of hydrogen-bond acceptors (Lipinski definition) is 6. The Balaban J connectivity index is 1.33. The number of alkyl carbamates (subject to hydrolysis) is 1. The fraction of sp³-hybridized carbons (Fsp3) is 0.310. The van der Waals surface area contributed by atoms with Crippen molar-refractivity contribution >= 4 is 24.0 Å². The Kier molecular flexibility index (Phi) is 7.95. The zero-order chi connectivity index (χ0) is 27.3. The van der Waals surface area contributed by atoms with E-state index in [0.29, 0.717) is 6.42 Å². The Morgan fingerprint density at radius 2 is 1.61 bits per heavy atom. The fourth-order valence-electron chi connectivity index (χ4n) is 4.46. The van der Waals surface area contributed by atoms with Gasteiger partial charge in [-0.2, -0.15) is 0 Å². The van der Waals surface area contributed by atoms with Crippen LogP contribution in [0.1, 0.15) is 49.8 Å². The van der Waals surface area contributed by atoms with Crippen molar-refractivity contribution in [1.82, 2.24) is 10.3 Å². The molecule has 9 heteroatoms. The van der Waals surface area contributed by atoms with Crippen molar-refractivity contribution in [3.63, 3.8) is 0 Å². The monoisotopic (exact) mass is 517 g/mol. The summed E-state index contributed by atoms with van der Waals surface area (Å²) in [6, 6.07) is 18.2. The molecule has 9 nitrogen and oxygen atoms in total. The zero-order valence-electron chi connectivity index (χ0n) is 21.6. The minimum atomic E-state index is -1.17. The number of aromatic nitrogens is 1. The minimum Gasteiger partial charge on any atom is -0.480 e. The van der Waals surface area contributed by atoms with E-state index in [-0.39, 0.29) is 24.8 Å². The molecule has 38 heavy (non-hydrogen) atoms. The highest BCUT2D eigenvalue weighted by atomic mass is 16.6. The van der Waals surface area contributed by atoms with Gasteiger partial charge in [0, 0.05) is 12.1 Å². The van der Waals surface area contributed by atoms with Crippen molar-refractivity contribution in [3.8, 4) is 11.1 Å². The molecule has 1 aliphatic carbocycles. The van der Waals surface area contributed by atoms with Crippen LogP contribution in [0.4, 0.5) is 15.4 Å². The van der Waals surface area contributed by atoms with Crippen molar-refractivity contribution in [2.24, 2.45) is 0 Å². The molecule has 3 aromatic rings. The van der Waals surface area contributed by atoms with E-state index >= 15 is 0 Å². The predicted molar refractivity (Wildman–Crippen MR) is 142 cm³/mol. The lowest BCUT2D eigenvalue weighted by Gasteiger charge is -2.19. The summed E-state index contributed by atoms with van der Waals surface area (Å²) in [5.41, 5.74) is 4.46. The first-order valence-corrected chi connectivity index (χ1v) is 12.4. The van der Waals surface area contributed by atoms with Crippen LogP contribution in [-0.2, 0) is 20.7 Å². The maximum Gasteiger partial charge on any atom is 0.413 e. The molecule has 0 aliphatic heterocycles. The number of hydrogen-bond donors (Lipinski definition) is 3.